The maximum Gasteiger partial charge on any atom is 0.303 e. The standard InChI is InChI=1S/C29H29N3O4/c1-21(33)35-20-24-13-12-23(36-24)19-31-14-7-15-32(17-16-31)29(34)26-18-28(22-8-3-2-4-9-22)30-27-11-6-5-10-25(26)27/h2-6,8-13,18H,7,14-17,19-20H2,1H3. The Morgan fingerprint density at radius 1 is 0.917 bits per heavy atom. The van der Waals surface area contributed by atoms with E-state index in [9.17, 15) is 9.59 Å². The van der Waals surface area contributed by atoms with E-state index < -0.39 is 0 Å². The topological polar surface area (TPSA) is 75.9 Å². The zero-order chi connectivity index (χ0) is 24.9. The zero-order valence-corrected chi connectivity index (χ0v) is 20.4. The van der Waals surface area contributed by atoms with Crippen LogP contribution in [0.5, 0.6) is 0 Å². The van der Waals surface area contributed by atoms with Gasteiger partial charge in [-0.15, -0.1) is 0 Å². The van der Waals surface area contributed by atoms with Gasteiger partial charge < -0.3 is 14.1 Å². The molecule has 1 aliphatic rings. The Kier molecular flexibility index (Phi) is 7.09. The van der Waals surface area contributed by atoms with E-state index in [0.717, 1.165) is 47.4 Å². The third-order valence-electron chi connectivity index (χ3n) is 6.41. The summed E-state index contributed by atoms with van der Waals surface area (Å²) < 4.78 is 10.8. The van der Waals surface area contributed by atoms with E-state index in [1.165, 1.54) is 6.92 Å². The van der Waals surface area contributed by atoms with Crippen LogP contribution < -0.4 is 0 Å². The van der Waals surface area contributed by atoms with Crippen molar-refractivity contribution in [3.05, 3.63) is 89.9 Å². The van der Waals surface area contributed by atoms with Crippen LogP contribution in [-0.2, 0) is 22.7 Å². The summed E-state index contributed by atoms with van der Waals surface area (Å²) in [4.78, 5) is 33.8. The van der Waals surface area contributed by atoms with Gasteiger partial charge in [-0.25, -0.2) is 4.98 Å². The number of aromatic nitrogens is 1. The molecule has 0 N–H and O–H groups in total. The number of esters is 1. The Labute approximate surface area is 210 Å². The molecule has 0 aliphatic carbocycles. The summed E-state index contributed by atoms with van der Waals surface area (Å²) in [6.07, 6.45) is 0.876. The van der Waals surface area contributed by atoms with Crippen molar-refractivity contribution < 1.29 is 18.7 Å². The van der Waals surface area contributed by atoms with Crippen LogP contribution in [0.25, 0.3) is 22.2 Å². The molecule has 5 rings (SSSR count). The first-order chi connectivity index (χ1) is 17.6. The number of benzene rings is 2. The van der Waals surface area contributed by atoms with Gasteiger partial charge in [-0.2, -0.15) is 0 Å². The summed E-state index contributed by atoms with van der Waals surface area (Å²) in [5.41, 5.74) is 3.30. The molecule has 0 saturated carbocycles. The Balaban J connectivity index is 1.31. The van der Waals surface area contributed by atoms with Gasteiger partial charge in [0.2, 0.25) is 0 Å². The van der Waals surface area contributed by atoms with Gasteiger partial charge >= 0.3 is 5.97 Å². The van der Waals surface area contributed by atoms with Crippen molar-refractivity contribution in [2.45, 2.75) is 26.5 Å². The van der Waals surface area contributed by atoms with E-state index in [4.69, 9.17) is 14.1 Å². The number of furan rings is 1. The molecule has 0 atom stereocenters. The van der Waals surface area contributed by atoms with Crippen molar-refractivity contribution >= 4 is 22.8 Å². The zero-order valence-electron chi connectivity index (χ0n) is 20.4. The third kappa shape index (κ3) is 5.47. The molecule has 0 spiro atoms. The van der Waals surface area contributed by atoms with E-state index in [1.54, 1.807) is 0 Å². The number of amides is 1. The first-order valence-electron chi connectivity index (χ1n) is 12.2. The summed E-state index contributed by atoms with van der Waals surface area (Å²) in [6, 6.07) is 23.5. The molecule has 184 valence electrons. The second-order valence-corrected chi connectivity index (χ2v) is 9.01. The number of ether oxygens (including phenoxy) is 1. The van der Waals surface area contributed by atoms with Crippen LogP contribution in [0.1, 0.15) is 35.2 Å². The summed E-state index contributed by atoms with van der Waals surface area (Å²) in [5, 5.41) is 0.874. The van der Waals surface area contributed by atoms with E-state index >= 15 is 0 Å². The van der Waals surface area contributed by atoms with Crippen molar-refractivity contribution in [1.29, 1.82) is 0 Å². The van der Waals surface area contributed by atoms with Crippen LogP contribution in [-0.4, -0.2) is 52.8 Å². The summed E-state index contributed by atoms with van der Waals surface area (Å²) in [7, 11) is 0. The Morgan fingerprint density at radius 2 is 1.69 bits per heavy atom. The van der Waals surface area contributed by atoms with Gasteiger partial charge in [0.15, 0.2) is 0 Å². The average Bonchev–Trinajstić information content (AvgIpc) is 3.22. The van der Waals surface area contributed by atoms with Gasteiger partial charge in [-0.3, -0.25) is 14.5 Å². The molecule has 2 aromatic heterocycles. The summed E-state index contributed by atoms with van der Waals surface area (Å²) >= 11 is 0. The fourth-order valence-electron chi connectivity index (χ4n) is 4.59. The first kappa shape index (κ1) is 23.8. The van der Waals surface area contributed by atoms with Gasteiger partial charge in [-0.1, -0.05) is 48.5 Å². The van der Waals surface area contributed by atoms with Crippen molar-refractivity contribution in [2.75, 3.05) is 26.2 Å². The van der Waals surface area contributed by atoms with Crippen molar-refractivity contribution in [3.8, 4) is 11.3 Å². The largest absolute Gasteiger partial charge is 0.461 e. The molecule has 4 aromatic rings. The highest BCUT2D eigenvalue weighted by Gasteiger charge is 2.23. The Bertz CT molecular complexity index is 1370. The van der Waals surface area contributed by atoms with Gasteiger partial charge in [0.1, 0.15) is 18.1 Å². The maximum atomic E-state index is 13.8. The maximum absolute atomic E-state index is 13.8. The molecule has 1 saturated heterocycles. The van der Waals surface area contributed by atoms with Crippen molar-refractivity contribution in [3.63, 3.8) is 0 Å². The minimum Gasteiger partial charge on any atom is -0.461 e. The van der Waals surface area contributed by atoms with E-state index in [1.807, 2.05) is 77.7 Å². The lowest BCUT2D eigenvalue weighted by Gasteiger charge is -2.22. The lowest BCUT2D eigenvalue weighted by Crippen LogP contribution is -2.35. The molecular weight excluding hydrogens is 454 g/mol. The number of rotatable bonds is 6. The number of para-hydroxylation sites is 1. The van der Waals surface area contributed by atoms with E-state index in [-0.39, 0.29) is 18.5 Å². The lowest BCUT2D eigenvalue weighted by atomic mass is 10.0. The fourth-order valence-corrected chi connectivity index (χ4v) is 4.59. The number of nitrogens with zero attached hydrogens (tertiary/aromatic N) is 3. The van der Waals surface area contributed by atoms with E-state index in [2.05, 4.69) is 4.90 Å². The summed E-state index contributed by atoms with van der Waals surface area (Å²) in [5.74, 6) is 1.16. The molecule has 2 aromatic carbocycles. The number of pyridine rings is 1. The molecule has 0 bridgehead atoms. The van der Waals surface area contributed by atoms with Crippen LogP contribution in [0.3, 0.4) is 0 Å². The number of carbonyl (C=O) groups is 2. The molecule has 0 unspecified atom stereocenters. The predicted molar refractivity (Wildman–Crippen MR) is 137 cm³/mol. The van der Waals surface area contributed by atoms with Gasteiger partial charge in [-0.05, 0) is 30.7 Å². The van der Waals surface area contributed by atoms with Crippen molar-refractivity contribution in [1.82, 2.24) is 14.8 Å². The average molecular weight is 484 g/mol. The van der Waals surface area contributed by atoms with Gasteiger partial charge in [0.25, 0.3) is 5.91 Å². The first-order valence-corrected chi connectivity index (χ1v) is 12.2. The van der Waals surface area contributed by atoms with Crippen LogP contribution in [0.4, 0.5) is 0 Å². The highest BCUT2D eigenvalue weighted by Crippen LogP contribution is 2.26. The summed E-state index contributed by atoms with van der Waals surface area (Å²) in [6.45, 7) is 5.13. The highest BCUT2D eigenvalue weighted by atomic mass is 16.5. The number of hydrogen-bond donors (Lipinski definition) is 0. The molecule has 3 heterocycles. The second-order valence-electron chi connectivity index (χ2n) is 9.01. The minimum atomic E-state index is -0.330. The lowest BCUT2D eigenvalue weighted by molar-refractivity contribution is -0.142. The van der Waals surface area contributed by atoms with Crippen LogP contribution in [0.2, 0.25) is 0 Å². The number of hydrogen-bond acceptors (Lipinski definition) is 6. The van der Waals surface area contributed by atoms with Crippen molar-refractivity contribution in [2.24, 2.45) is 0 Å². The van der Waals surface area contributed by atoms with Gasteiger partial charge in [0.05, 0.1) is 23.3 Å². The number of fused-ring (bicyclic) bond motifs is 1. The van der Waals surface area contributed by atoms with Crippen LogP contribution >= 0.6 is 0 Å². The predicted octanol–water partition coefficient (Wildman–Crippen LogP) is 4.91. The SMILES string of the molecule is CC(=O)OCc1ccc(CN2CCCN(C(=O)c3cc(-c4ccccc4)nc4ccccc34)CC2)o1. The minimum absolute atomic E-state index is 0.0364. The van der Waals surface area contributed by atoms with E-state index in [0.29, 0.717) is 31.0 Å². The smallest absolute Gasteiger partial charge is 0.303 e. The normalized spacial score (nSPS) is 14.5. The second kappa shape index (κ2) is 10.7. The molecular formula is C29H29N3O4. The molecule has 7 nitrogen and oxygen atoms in total. The molecule has 1 aliphatic heterocycles. The van der Waals surface area contributed by atoms with Crippen LogP contribution in [0.15, 0.2) is 77.2 Å². The Hall–Kier alpha value is -3.97. The molecule has 1 fully saturated rings. The molecule has 0 radical (unpaired) electrons. The molecule has 7 heteroatoms. The van der Waals surface area contributed by atoms with Crippen LogP contribution in [0, 0.1) is 0 Å². The number of carbonyl (C=O) groups excluding carboxylic acids is 2. The quantitative estimate of drug-likeness (QED) is 0.363. The fraction of sp³-hybridized carbons (Fsp3) is 0.276. The molecule has 1 amide bonds. The third-order valence-corrected chi connectivity index (χ3v) is 6.41. The van der Waals surface area contributed by atoms with Gasteiger partial charge in [0, 0.05) is 44.1 Å². The Morgan fingerprint density at radius 3 is 2.53 bits per heavy atom. The molecule has 36 heavy (non-hydrogen) atoms. The monoisotopic (exact) mass is 483 g/mol. The highest BCUT2D eigenvalue weighted by molar-refractivity contribution is 6.07.